The van der Waals surface area contributed by atoms with Gasteiger partial charge in [-0.1, -0.05) is 0 Å². The zero-order valence-corrected chi connectivity index (χ0v) is 8.44. The molecule has 0 unspecified atom stereocenters. The number of hydrogen-bond acceptors (Lipinski definition) is 2. The molecule has 0 spiro atoms. The second kappa shape index (κ2) is 6.69. The van der Waals surface area contributed by atoms with Crippen LogP contribution in [0.5, 0.6) is 0 Å². The van der Waals surface area contributed by atoms with Gasteiger partial charge in [-0.2, -0.15) is 0 Å². The Labute approximate surface area is 87.9 Å². The van der Waals surface area contributed by atoms with E-state index in [9.17, 15) is 4.79 Å². The molecule has 0 aliphatic carbocycles. The fourth-order valence-corrected chi connectivity index (χ4v) is 0.843. The predicted octanol–water partition coefficient (Wildman–Crippen LogP) is 1.36. The van der Waals surface area contributed by atoms with Crippen molar-refractivity contribution in [3.05, 3.63) is 30.1 Å². The molecule has 3 nitrogen and oxygen atoms in total. The molecule has 0 saturated carbocycles. The van der Waals surface area contributed by atoms with Gasteiger partial charge in [-0.3, -0.25) is 9.78 Å². The number of halogens is 2. The van der Waals surface area contributed by atoms with E-state index in [0.29, 0.717) is 6.54 Å². The van der Waals surface area contributed by atoms with Crippen molar-refractivity contribution in [2.45, 2.75) is 6.54 Å². The molecule has 1 aromatic rings. The number of amides is 1. The topological polar surface area (TPSA) is 42.0 Å². The number of aromatic nitrogens is 1. The lowest BCUT2D eigenvalue weighted by Gasteiger charge is -2.01. The minimum absolute atomic E-state index is 0. The van der Waals surface area contributed by atoms with Crippen LogP contribution in [0.15, 0.2) is 24.5 Å². The number of rotatable bonds is 3. The van der Waals surface area contributed by atoms with E-state index in [-0.39, 0.29) is 24.2 Å². The summed E-state index contributed by atoms with van der Waals surface area (Å²) >= 11 is 5.29. The predicted molar refractivity (Wildman–Crippen MR) is 54.1 cm³/mol. The molecule has 0 fully saturated rings. The first-order valence-corrected chi connectivity index (χ1v) is 4.08. The molecule has 13 heavy (non-hydrogen) atoms. The Bertz CT molecular complexity index is 254. The molecule has 0 saturated heterocycles. The van der Waals surface area contributed by atoms with Crippen LogP contribution in [0.4, 0.5) is 0 Å². The maximum Gasteiger partial charge on any atom is 0.235 e. The molecule has 0 bridgehead atoms. The van der Waals surface area contributed by atoms with Gasteiger partial charge in [0.2, 0.25) is 5.91 Å². The molecule has 0 aliphatic heterocycles. The maximum absolute atomic E-state index is 10.7. The average Bonchev–Trinajstić information content (AvgIpc) is 2.16. The van der Waals surface area contributed by atoms with Crippen molar-refractivity contribution in [2.24, 2.45) is 0 Å². The third-order valence-corrected chi connectivity index (χ3v) is 1.60. The number of carbonyl (C=O) groups is 1. The Morgan fingerprint density at radius 3 is 2.62 bits per heavy atom. The Kier molecular flexibility index (Phi) is 6.28. The number of carbonyl (C=O) groups excluding carboxylic acids is 1. The monoisotopic (exact) mass is 220 g/mol. The van der Waals surface area contributed by atoms with E-state index in [1.165, 1.54) is 0 Å². The lowest BCUT2D eigenvalue weighted by Crippen LogP contribution is -2.23. The van der Waals surface area contributed by atoms with Crippen LogP contribution < -0.4 is 5.32 Å². The van der Waals surface area contributed by atoms with Crippen molar-refractivity contribution in [1.29, 1.82) is 0 Å². The highest BCUT2D eigenvalue weighted by Crippen LogP contribution is 1.94. The summed E-state index contributed by atoms with van der Waals surface area (Å²) in [6.07, 6.45) is 3.37. The molecule has 5 heteroatoms. The molecule has 72 valence electrons. The van der Waals surface area contributed by atoms with Crippen LogP contribution in [0.25, 0.3) is 0 Å². The summed E-state index contributed by atoms with van der Waals surface area (Å²) in [4.78, 5) is 14.6. The number of hydrogen-bond donors (Lipinski definition) is 1. The highest BCUT2D eigenvalue weighted by Gasteiger charge is 1.96. The second-order valence-corrected chi connectivity index (χ2v) is 2.53. The van der Waals surface area contributed by atoms with Crippen LogP contribution in [-0.2, 0) is 11.3 Å². The summed E-state index contributed by atoms with van der Waals surface area (Å²) < 4.78 is 0. The molecular weight excluding hydrogens is 211 g/mol. The van der Waals surface area contributed by atoms with Gasteiger partial charge < -0.3 is 5.32 Å². The summed E-state index contributed by atoms with van der Waals surface area (Å²) in [5, 5.41) is 2.65. The molecule has 1 heterocycles. The fourth-order valence-electron chi connectivity index (χ4n) is 0.749. The largest absolute Gasteiger partial charge is 0.351 e. The highest BCUT2D eigenvalue weighted by atomic mass is 35.5. The lowest BCUT2D eigenvalue weighted by atomic mass is 10.3. The quantitative estimate of drug-likeness (QED) is 0.783. The van der Waals surface area contributed by atoms with Crippen molar-refractivity contribution in [3.8, 4) is 0 Å². The number of pyridine rings is 1. The summed E-state index contributed by atoms with van der Waals surface area (Å²) in [6.45, 7) is 0.508. The third-order valence-electron chi connectivity index (χ3n) is 1.36. The molecule has 1 amide bonds. The zero-order valence-electron chi connectivity index (χ0n) is 6.87. The Balaban J connectivity index is 0.00000144. The van der Waals surface area contributed by atoms with Crippen molar-refractivity contribution < 1.29 is 4.79 Å². The lowest BCUT2D eigenvalue weighted by molar-refractivity contribution is -0.118. The molecule has 1 aromatic heterocycles. The average molecular weight is 221 g/mol. The SMILES string of the molecule is Cl.O=C(CCl)NCc1ccncc1. The number of alkyl halides is 1. The number of nitrogens with zero attached hydrogens (tertiary/aromatic N) is 1. The molecule has 0 aromatic carbocycles. The Morgan fingerprint density at radius 1 is 1.46 bits per heavy atom. The van der Waals surface area contributed by atoms with Crippen LogP contribution in [0.3, 0.4) is 0 Å². The minimum Gasteiger partial charge on any atom is -0.351 e. The summed E-state index contributed by atoms with van der Waals surface area (Å²) in [5.74, 6) is -0.154. The maximum atomic E-state index is 10.7. The van der Waals surface area contributed by atoms with E-state index in [2.05, 4.69) is 10.3 Å². The summed E-state index contributed by atoms with van der Waals surface area (Å²) in [7, 11) is 0. The standard InChI is InChI=1S/C8H9ClN2O.ClH/c9-5-8(12)11-6-7-1-3-10-4-2-7;/h1-4H,5-6H2,(H,11,12);1H. The van der Waals surface area contributed by atoms with Crippen LogP contribution in [0.1, 0.15) is 5.56 Å². The van der Waals surface area contributed by atoms with Crippen LogP contribution in [0.2, 0.25) is 0 Å². The molecule has 0 aliphatic rings. The first-order chi connectivity index (χ1) is 5.83. The van der Waals surface area contributed by atoms with Gasteiger partial charge in [0, 0.05) is 18.9 Å². The summed E-state index contributed by atoms with van der Waals surface area (Å²) in [5.41, 5.74) is 1.02. The molecule has 1 N–H and O–H groups in total. The highest BCUT2D eigenvalue weighted by molar-refractivity contribution is 6.27. The van der Waals surface area contributed by atoms with Crippen molar-refractivity contribution in [2.75, 3.05) is 5.88 Å². The van der Waals surface area contributed by atoms with E-state index in [1.807, 2.05) is 12.1 Å². The van der Waals surface area contributed by atoms with Gasteiger partial charge in [-0.15, -0.1) is 24.0 Å². The first-order valence-electron chi connectivity index (χ1n) is 3.54. The molecule has 0 atom stereocenters. The van der Waals surface area contributed by atoms with E-state index in [4.69, 9.17) is 11.6 Å². The van der Waals surface area contributed by atoms with Gasteiger partial charge in [0.05, 0.1) is 0 Å². The van der Waals surface area contributed by atoms with Gasteiger partial charge in [0.25, 0.3) is 0 Å². The Hall–Kier alpha value is -0.800. The normalized spacial score (nSPS) is 8.69. The van der Waals surface area contributed by atoms with E-state index >= 15 is 0 Å². The van der Waals surface area contributed by atoms with Gasteiger partial charge >= 0.3 is 0 Å². The van der Waals surface area contributed by atoms with E-state index in [0.717, 1.165) is 5.56 Å². The molecular formula is C8H10Cl2N2O. The van der Waals surface area contributed by atoms with Crippen molar-refractivity contribution in [3.63, 3.8) is 0 Å². The molecule has 0 radical (unpaired) electrons. The minimum atomic E-state index is -0.159. The van der Waals surface area contributed by atoms with Gasteiger partial charge in [0.1, 0.15) is 5.88 Å². The smallest absolute Gasteiger partial charge is 0.235 e. The van der Waals surface area contributed by atoms with Crippen molar-refractivity contribution >= 4 is 29.9 Å². The first kappa shape index (κ1) is 12.2. The zero-order chi connectivity index (χ0) is 8.81. The van der Waals surface area contributed by atoms with Gasteiger partial charge in [-0.25, -0.2) is 0 Å². The van der Waals surface area contributed by atoms with Crippen LogP contribution >= 0.6 is 24.0 Å². The van der Waals surface area contributed by atoms with E-state index < -0.39 is 0 Å². The van der Waals surface area contributed by atoms with Gasteiger partial charge in [-0.05, 0) is 17.7 Å². The Morgan fingerprint density at radius 2 is 2.08 bits per heavy atom. The number of nitrogens with one attached hydrogen (secondary N) is 1. The second-order valence-electron chi connectivity index (χ2n) is 2.27. The fraction of sp³-hybridized carbons (Fsp3) is 0.250. The summed E-state index contributed by atoms with van der Waals surface area (Å²) in [6, 6.07) is 3.68. The van der Waals surface area contributed by atoms with Crippen LogP contribution in [0, 0.1) is 0 Å². The van der Waals surface area contributed by atoms with E-state index in [1.54, 1.807) is 12.4 Å². The van der Waals surface area contributed by atoms with Crippen molar-refractivity contribution in [1.82, 2.24) is 10.3 Å². The molecule has 1 rings (SSSR count). The van der Waals surface area contributed by atoms with Crippen LogP contribution in [-0.4, -0.2) is 16.8 Å². The van der Waals surface area contributed by atoms with Gasteiger partial charge in [0.15, 0.2) is 0 Å². The third kappa shape index (κ3) is 4.70.